The molecule has 4 atom stereocenters. The van der Waals surface area contributed by atoms with Gasteiger partial charge < -0.3 is 19.7 Å². The molecule has 240 valence electrons. The molecule has 0 unspecified atom stereocenters. The second-order valence-electron chi connectivity index (χ2n) is 13.8. The highest BCUT2D eigenvalue weighted by Crippen LogP contribution is 2.65. The molecule has 2 aliphatic heterocycles. The third kappa shape index (κ3) is 4.47. The van der Waals surface area contributed by atoms with Crippen molar-refractivity contribution in [2.45, 2.75) is 87.4 Å². The van der Waals surface area contributed by atoms with Gasteiger partial charge in [0.2, 0.25) is 0 Å². The number of carbonyl (C=O) groups is 3. The van der Waals surface area contributed by atoms with Crippen LogP contribution in [0.4, 0.5) is 8.78 Å². The van der Waals surface area contributed by atoms with Crippen LogP contribution in [0.3, 0.4) is 0 Å². The average Bonchev–Trinajstić information content (AvgIpc) is 3.75. The van der Waals surface area contributed by atoms with E-state index in [0.717, 1.165) is 30.3 Å². The van der Waals surface area contributed by atoms with Crippen LogP contribution in [-0.4, -0.2) is 63.7 Å². The lowest BCUT2D eigenvalue weighted by Gasteiger charge is -2.62. The molecule has 3 aliphatic carbocycles. The van der Waals surface area contributed by atoms with E-state index in [1.54, 1.807) is 18.2 Å². The highest BCUT2D eigenvalue weighted by Gasteiger charge is 2.73. The van der Waals surface area contributed by atoms with Gasteiger partial charge in [-0.15, -0.1) is 0 Å². The molecule has 10 heteroatoms. The molecule has 5 aliphatic rings. The van der Waals surface area contributed by atoms with Crippen LogP contribution in [0, 0.1) is 17.6 Å². The predicted octanol–water partition coefficient (Wildman–Crippen LogP) is 4.81. The molecular weight excluding hydrogens is 596 g/mol. The number of aliphatic hydroxyl groups is 1. The number of piperidine rings is 1. The minimum absolute atomic E-state index is 0.0405. The van der Waals surface area contributed by atoms with E-state index in [4.69, 9.17) is 14.6 Å². The number of carbonyl (C=O) groups excluding carboxylic acids is 2. The maximum Gasteiger partial charge on any atom is 0.311 e. The Kier molecular flexibility index (Phi) is 6.78. The van der Waals surface area contributed by atoms with Crippen LogP contribution in [0.15, 0.2) is 36.4 Å². The van der Waals surface area contributed by atoms with Crippen LogP contribution >= 0.6 is 0 Å². The van der Waals surface area contributed by atoms with Crippen molar-refractivity contribution < 1.29 is 42.9 Å². The Balaban J connectivity index is 1.04. The van der Waals surface area contributed by atoms with Crippen molar-refractivity contribution >= 4 is 28.5 Å². The third-order valence-electron chi connectivity index (χ3n) is 11.1. The number of ketones is 1. The van der Waals surface area contributed by atoms with Crippen molar-refractivity contribution in [2.24, 2.45) is 5.92 Å². The molecule has 8 nitrogen and oxygen atoms in total. The maximum absolute atomic E-state index is 14.9. The first-order valence-electron chi connectivity index (χ1n) is 16.2. The molecule has 3 aromatic rings. The largest absolute Gasteiger partial charge is 0.481 e. The molecule has 3 aromatic carbocycles. The lowest BCUT2D eigenvalue weighted by atomic mass is 9.49. The number of benzene rings is 3. The number of ether oxygens (including phenoxy) is 2. The summed E-state index contributed by atoms with van der Waals surface area (Å²) in [7, 11) is 0. The van der Waals surface area contributed by atoms with Crippen LogP contribution in [-0.2, 0) is 39.1 Å². The van der Waals surface area contributed by atoms with Gasteiger partial charge in [0.05, 0.1) is 16.4 Å². The number of aryl methyl sites for hydroxylation is 2. The number of likely N-dealkylation sites (tertiary alicyclic amines) is 1. The van der Waals surface area contributed by atoms with Gasteiger partial charge in [0.25, 0.3) is 0 Å². The van der Waals surface area contributed by atoms with Gasteiger partial charge in [0, 0.05) is 37.4 Å². The molecule has 46 heavy (non-hydrogen) atoms. The number of Topliss-reactive ketones (excluding diaryl/α,β-unsaturated/α-hetero) is 1. The average molecular weight is 632 g/mol. The first kappa shape index (κ1) is 29.5. The fraction of sp³-hybridized carbons (Fsp3) is 0.472. The van der Waals surface area contributed by atoms with Crippen molar-refractivity contribution in [2.75, 3.05) is 13.1 Å². The number of carboxylic acid groups (broad SMARTS) is 1. The molecule has 2 saturated carbocycles. The first-order valence-corrected chi connectivity index (χ1v) is 16.2. The van der Waals surface area contributed by atoms with Crippen LogP contribution in [0.5, 0.6) is 11.5 Å². The number of hydrogen-bond acceptors (Lipinski definition) is 7. The van der Waals surface area contributed by atoms with Gasteiger partial charge in [-0.1, -0.05) is 18.2 Å². The van der Waals surface area contributed by atoms with E-state index in [0.29, 0.717) is 47.4 Å². The van der Waals surface area contributed by atoms with Crippen molar-refractivity contribution in [1.82, 2.24) is 4.90 Å². The summed E-state index contributed by atoms with van der Waals surface area (Å²) in [6, 6.07) is 9.04. The molecule has 2 N–H and O–H groups in total. The summed E-state index contributed by atoms with van der Waals surface area (Å²) in [5.74, 6) is -1.93. The van der Waals surface area contributed by atoms with E-state index in [1.165, 1.54) is 18.9 Å². The van der Waals surface area contributed by atoms with Crippen LogP contribution in [0.1, 0.15) is 67.2 Å². The maximum atomic E-state index is 14.9. The van der Waals surface area contributed by atoms with Crippen LogP contribution < -0.4 is 9.47 Å². The van der Waals surface area contributed by atoms with Crippen molar-refractivity contribution in [3.63, 3.8) is 0 Å². The minimum Gasteiger partial charge on any atom is -0.481 e. The minimum atomic E-state index is -1.12. The zero-order valence-corrected chi connectivity index (χ0v) is 25.3. The third-order valence-corrected chi connectivity index (χ3v) is 11.1. The van der Waals surface area contributed by atoms with Gasteiger partial charge in [-0.25, -0.2) is 8.78 Å². The van der Waals surface area contributed by atoms with Gasteiger partial charge in [-0.2, -0.15) is 0 Å². The quantitative estimate of drug-likeness (QED) is 0.256. The second kappa shape index (κ2) is 10.6. The number of rotatable bonds is 9. The van der Waals surface area contributed by atoms with E-state index in [-0.39, 0.29) is 55.1 Å². The number of carboxylic acids is 1. The normalized spacial score (nSPS) is 27.8. The molecule has 8 rings (SSSR count). The topological polar surface area (TPSA) is 113 Å². The van der Waals surface area contributed by atoms with Gasteiger partial charge in [-0.3, -0.25) is 19.3 Å². The summed E-state index contributed by atoms with van der Waals surface area (Å²) in [5.41, 5.74) is 0.736. The smallest absolute Gasteiger partial charge is 0.311 e. The Labute approximate surface area is 264 Å². The summed E-state index contributed by atoms with van der Waals surface area (Å²) >= 11 is 0. The summed E-state index contributed by atoms with van der Waals surface area (Å²) in [6.45, 7) is 1.73. The Morgan fingerprint density at radius 2 is 1.74 bits per heavy atom. The van der Waals surface area contributed by atoms with Crippen LogP contribution in [0.2, 0.25) is 0 Å². The fourth-order valence-corrected chi connectivity index (χ4v) is 8.82. The zero-order valence-electron chi connectivity index (χ0n) is 25.3. The molecule has 0 radical (unpaired) electrons. The highest BCUT2D eigenvalue weighted by atomic mass is 19.1. The van der Waals surface area contributed by atoms with Crippen LogP contribution in [0.25, 0.3) is 10.8 Å². The number of hydrogen-bond donors (Lipinski definition) is 2. The summed E-state index contributed by atoms with van der Waals surface area (Å²) in [5, 5.41) is 21.5. The zero-order chi connectivity index (χ0) is 32.0. The summed E-state index contributed by atoms with van der Waals surface area (Å²) < 4.78 is 41.8. The first-order chi connectivity index (χ1) is 22.1. The second-order valence-corrected chi connectivity index (χ2v) is 13.8. The molecule has 0 amide bonds. The molecular formula is C36H35F2NO7. The van der Waals surface area contributed by atoms with Gasteiger partial charge in [0.15, 0.2) is 23.4 Å². The summed E-state index contributed by atoms with van der Waals surface area (Å²) in [6.07, 6.45) is 3.41. The highest BCUT2D eigenvalue weighted by molar-refractivity contribution is 5.90. The van der Waals surface area contributed by atoms with Crippen molar-refractivity contribution in [3.8, 4) is 11.5 Å². The number of esters is 1. The van der Waals surface area contributed by atoms with E-state index < -0.39 is 40.7 Å². The fourth-order valence-electron chi connectivity index (χ4n) is 8.82. The monoisotopic (exact) mass is 631 g/mol. The SMILES string of the molecule is O=C(O)CCc1cc(F)c2c(F)cc(CCC(=O)Oc3ccc4c5c3O[C@H]3C(=O)CC[C@@]6(O)[C@@H](C4)N(CC4CC4)CC[C@]536)cc2c1. The van der Waals surface area contributed by atoms with Gasteiger partial charge in [0.1, 0.15) is 11.6 Å². The lowest BCUT2D eigenvalue weighted by Crippen LogP contribution is -2.76. The Morgan fingerprint density at radius 3 is 2.43 bits per heavy atom. The Hall–Kier alpha value is -3.89. The van der Waals surface area contributed by atoms with Gasteiger partial charge >= 0.3 is 11.9 Å². The molecule has 2 bridgehead atoms. The van der Waals surface area contributed by atoms with E-state index in [1.807, 2.05) is 6.07 Å². The number of fused-ring (bicyclic) bond motifs is 1. The van der Waals surface area contributed by atoms with E-state index >= 15 is 0 Å². The molecule has 1 spiro atoms. The summed E-state index contributed by atoms with van der Waals surface area (Å²) in [4.78, 5) is 39.8. The Bertz CT molecular complexity index is 1820. The Morgan fingerprint density at radius 1 is 1.02 bits per heavy atom. The lowest BCUT2D eigenvalue weighted by molar-refractivity contribution is -0.188. The van der Waals surface area contributed by atoms with Crippen molar-refractivity contribution in [1.29, 1.82) is 0 Å². The standard InChI is InChI=1S/C36H35F2NO7/c37-24-15-20(3-7-29(41)42)13-23-14-21(16-25(38)31(23)24)4-8-30(43)45-27-6-5-22-17-28-36(44)10-9-26(40)34-35(36,32(22)33(27)46-34)11-12-39(28)18-19-1-2-19/h5-6,13-16,19,28,34,44H,1-4,7-12,17-18H2,(H,41,42)/t28-,34+,35+,36-/m1/s1. The van der Waals surface area contributed by atoms with Crippen molar-refractivity contribution in [3.05, 3.63) is 70.3 Å². The molecule has 2 heterocycles. The predicted molar refractivity (Wildman–Crippen MR) is 162 cm³/mol. The number of halogens is 2. The van der Waals surface area contributed by atoms with E-state index in [9.17, 15) is 28.3 Å². The van der Waals surface area contributed by atoms with E-state index in [2.05, 4.69) is 4.90 Å². The number of nitrogens with zero attached hydrogens (tertiary/aromatic N) is 1. The molecule has 0 aromatic heterocycles. The molecule has 3 fully saturated rings. The van der Waals surface area contributed by atoms with Gasteiger partial charge in [-0.05, 0) is 97.7 Å². The number of aliphatic carboxylic acids is 1. The molecule has 1 saturated heterocycles.